The lowest BCUT2D eigenvalue weighted by molar-refractivity contribution is 0.317. The van der Waals surface area contributed by atoms with Crippen LogP contribution in [0.3, 0.4) is 0 Å². The van der Waals surface area contributed by atoms with Crippen molar-refractivity contribution in [2.24, 2.45) is 16.6 Å². The monoisotopic (exact) mass is 612 g/mol. The summed E-state index contributed by atoms with van der Waals surface area (Å²) in [7, 11) is 0. The standard InChI is InChI=1S/C32H37BrN8/c1-31(2,3)26(34)28-35-17-24(39-28)21-11-7-19(8-12-21)20-9-13-22(14-10-20)25-18-36-29(40-25)27(32(4,5)6)41-30-37-15-23(33)16-38-30/h7-18,26-27H,34H2,1-6H3,(H,35,39)(H,36,40)(H,37,38,41)/t26-,27-/m1/s1. The van der Waals surface area contributed by atoms with E-state index in [-0.39, 0.29) is 22.9 Å². The molecule has 0 unspecified atom stereocenters. The van der Waals surface area contributed by atoms with Crippen LogP contribution in [0.2, 0.25) is 0 Å². The summed E-state index contributed by atoms with van der Waals surface area (Å²) in [4.78, 5) is 24.9. The second-order valence-electron chi connectivity index (χ2n) is 12.5. The molecule has 2 aromatic carbocycles. The Labute approximate surface area is 249 Å². The number of hydrogen-bond donors (Lipinski definition) is 4. The van der Waals surface area contributed by atoms with Gasteiger partial charge in [-0.1, -0.05) is 90.1 Å². The van der Waals surface area contributed by atoms with Gasteiger partial charge in [0.2, 0.25) is 5.95 Å². The number of aromatic nitrogens is 6. The minimum absolute atomic E-state index is 0.0664. The zero-order valence-corrected chi connectivity index (χ0v) is 25.9. The van der Waals surface area contributed by atoms with Crippen molar-refractivity contribution in [3.63, 3.8) is 0 Å². The summed E-state index contributed by atoms with van der Waals surface area (Å²) in [5.74, 6) is 2.20. The van der Waals surface area contributed by atoms with Crippen LogP contribution in [0.15, 0.2) is 77.8 Å². The molecule has 8 nitrogen and oxygen atoms in total. The first-order valence-electron chi connectivity index (χ1n) is 13.7. The molecule has 2 atom stereocenters. The number of H-pyrrole nitrogens is 2. The smallest absolute Gasteiger partial charge is 0.223 e. The molecule has 0 fully saturated rings. The molecule has 0 radical (unpaired) electrons. The number of nitrogens with one attached hydrogen (secondary N) is 3. The summed E-state index contributed by atoms with van der Waals surface area (Å²) < 4.78 is 0.836. The minimum atomic E-state index is -0.156. The first-order chi connectivity index (χ1) is 19.4. The van der Waals surface area contributed by atoms with Gasteiger partial charge in [0.1, 0.15) is 11.6 Å². The molecule has 0 amide bonds. The molecule has 5 aromatic rings. The number of halogens is 1. The highest BCUT2D eigenvalue weighted by Gasteiger charge is 2.30. The molecule has 3 aromatic heterocycles. The fraction of sp³-hybridized carbons (Fsp3) is 0.312. The molecule has 212 valence electrons. The van der Waals surface area contributed by atoms with Gasteiger partial charge >= 0.3 is 0 Å². The lowest BCUT2D eigenvalue weighted by Gasteiger charge is -2.29. The number of rotatable bonds is 7. The Morgan fingerprint density at radius 2 is 1.07 bits per heavy atom. The molecule has 0 spiro atoms. The maximum atomic E-state index is 6.38. The summed E-state index contributed by atoms with van der Waals surface area (Å²) >= 11 is 3.39. The Hall–Kier alpha value is -3.82. The molecule has 0 saturated carbocycles. The number of benzene rings is 2. The van der Waals surface area contributed by atoms with Gasteiger partial charge in [0.15, 0.2) is 0 Å². The molecule has 41 heavy (non-hydrogen) atoms. The molecule has 0 aliphatic carbocycles. The molecule has 5 N–H and O–H groups in total. The summed E-state index contributed by atoms with van der Waals surface area (Å²) in [6.45, 7) is 12.8. The third-order valence-corrected chi connectivity index (χ3v) is 7.59. The van der Waals surface area contributed by atoms with Crippen LogP contribution >= 0.6 is 15.9 Å². The number of imidazole rings is 2. The number of hydrogen-bond acceptors (Lipinski definition) is 6. The third kappa shape index (κ3) is 6.57. The summed E-state index contributed by atoms with van der Waals surface area (Å²) in [5, 5.41) is 3.44. The fourth-order valence-corrected chi connectivity index (χ4v) is 4.78. The van der Waals surface area contributed by atoms with Crippen molar-refractivity contribution in [2.75, 3.05) is 5.32 Å². The van der Waals surface area contributed by atoms with Crippen molar-refractivity contribution in [1.82, 2.24) is 29.9 Å². The highest BCUT2D eigenvalue weighted by Crippen LogP contribution is 2.35. The van der Waals surface area contributed by atoms with E-state index in [1.807, 2.05) is 12.4 Å². The van der Waals surface area contributed by atoms with Gasteiger partial charge in [0, 0.05) is 12.4 Å². The van der Waals surface area contributed by atoms with Crippen LogP contribution in [0.5, 0.6) is 0 Å². The van der Waals surface area contributed by atoms with E-state index < -0.39 is 0 Å². The van der Waals surface area contributed by atoms with Crippen LogP contribution in [0.1, 0.15) is 65.3 Å². The predicted molar refractivity (Wildman–Crippen MR) is 169 cm³/mol. The largest absolute Gasteiger partial charge is 0.344 e. The second-order valence-corrected chi connectivity index (χ2v) is 13.4. The van der Waals surface area contributed by atoms with E-state index in [9.17, 15) is 0 Å². The van der Waals surface area contributed by atoms with Crippen LogP contribution in [-0.2, 0) is 0 Å². The van der Waals surface area contributed by atoms with Gasteiger partial charge in [-0.15, -0.1) is 0 Å². The maximum absolute atomic E-state index is 6.38. The van der Waals surface area contributed by atoms with Crippen LogP contribution in [-0.4, -0.2) is 29.9 Å². The van der Waals surface area contributed by atoms with Crippen molar-refractivity contribution < 1.29 is 0 Å². The molecule has 0 saturated heterocycles. The third-order valence-electron chi connectivity index (χ3n) is 7.18. The van der Waals surface area contributed by atoms with Crippen molar-refractivity contribution in [3.8, 4) is 33.6 Å². The maximum Gasteiger partial charge on any atom is 0.223 e. The number of anilines is 1. The molecule has 0 aliphatic rings. The van der Waals surface area contributed by atoms with Crippen molar-refractivity contribution >= 4 is 21.9 Å². The lowest BCUT2D eigenvalue weighted by Crippen LogP contribution is -2.27. The molecule has 5 rings (SSSR count). The summed E-state index contributed by atoms with van der Waals surface area (Å²) in [5.41, 5.74) is 12.5. The summed E-state index contributed by atoms with van der Waals surface area (Å²) in [6.07, 6.45) is 7.20. The van der Waals surface area contributed by atoms with E-state index in [1.54, 1.807) is 12.4 Å². The predicted octanol–water partition coefficient (Wildman–Crippen LogP) is 7.93. The van der Waals surface area contributed by atoms with E-state index in [0.717, 1.165) is 49.8 Å². The SMILES string of the molecule is CC(C)(C)[C@H](N)c1ncc(-c2ccc(-c3ccc(-c4cnc([C@@H](Nc5ncc(Br)cn5)C(C)(C)C)[nH]4)cc3)cc2)[nH]1. The van der Waals surface area contributed by atoms with Gasteiger partial charge in [-0.05, 0) is 49.0 Å². The molecule has 0 bridgehead atoms. The van der Waals surface area contributed by atoms with Gasteiger partial charge in [0.25, 0.3) is 0 Å². The van der Waals surface area contributed by atoms with Crippen molar-refractivity contribution in [2.45, 2.75) is 53.6 Å². The highest BCUT2D eigenvalue weighted by atomic mass is 79.9. The molecular weight excluding hydrogens is 576 g/mol. The Balaban J connectivity index is 1.31. The quantitative estimate of drug-likeness (QED) is 0.148. The second kappa shape index (κ2) is 11.2. The van der Waals surface area contributed by atoms with E-state index in [0.29, 0.717) is 5.95 Å². The Bertz CT molecular complexity index is 1590. The van der Waals surface area contributed by atoms with Gasteiger partial charge in [-0.3, -0.25) is 0 Å². The van der Waals surface area contributed by atoms with Crippen LogP contribution in [0.25, 0.3) is 33.6 Å². The first kappa shape index (κ1) is 28.7. The van der Waals surface area contributed by atoms with Gasteiger partial charge in [-0.25, -0.2) is 19.9 Å². The average Bonchev–Trinajstić information content (AvgIpc) is 3.62. The first-order valence-corrected chi connectivity index (χ1v) is 14.5. The van der Waals surface area contributed by atoms with Gasteiger partial charge in [-0.2, -0.15) is 0 Å². The van der Waals surface area contributed by atoms with E-state index in [2.05, 4.69) is 136 Å². The van der Waals surface area contributed by atoms with Crippen LogP contribution in [0.4, 0.5) is 5.95 Å². The van der Waals surface area contributed by atoms with Crippen molar-refractivity contribution in [1.29, 1.82) is 0 Å². The van der Waals surface area contributed by atoms with E-state index in [4.69, 9.17) is 10.7 Å². The normalized spacial score (nSPS) is 13.7. The van der Waals surface area contributed by atoms with Crippen LogP contribution < -0.4 is 11.1 Å². The van der Waals surface area contributed by atoms with E-state index >= 15 is 0 Å². The van der Waals surface area contributed by atoms with Crippen LogP contribution in [0, 0.1) is 10.8 Å². The average molecular weight is 614 g/mol. The van der Waals surface area contributed by atoms with Gasteiger partial charge in [0.05, 0.1) is 40.3 Å². The molecule has 0 aliphatic heterocycles. The van der Waals surface area contributed by atoms with Gasteiger partial charge < -0.3 is 21.0 Å². The topological polar surface area (TPSA) is 121 Å². The van der Waals surface area contributed by atoms with E-state index in [1.165, 1.54) is 0 Å². The zero-order chi connectivity index (χ0) is 29.4. The molecule has 3 heterocycles. The summed E-state index contributed by atoms with van der Waals surface area (Å²) in [6, 6.07) is 16.7. The lowest BCUT2D eigenvalue weighted by atomic mass is 9.86. The Morgan fingerprint density at radius 1 is 0.634 bits per heavy atom. The molecular formula is C32H37BrN8. The van der Waals surface area contributed by atoms with Crippen molar-refractivity contribution in [3.05, 3.63) is 89.4 Å². The fourth-order valence-electron chi connectivity index (χ4n) is 4.58. The zero-order valence-electron chi connectivity index (χ0n) is 24.3. The Kier molecular flexibility index (Phi) is 7.85. The minimum Gasteiger partial charge on any atom is -0.344 e. The Morgan fingerprint density at radius 3 is 1.54 bits per heavy atom. The number of nitrogens with two attached hydrogens (primary N) is 1. The number of aromatic amines is 2. The highest BCUT2D eigenvalue weighted by molar-refractivity contribution is 9.10. The molecule has 9 heteroatoms. The number of nitrogens with zero attached hydrogens (tertiary/aromatic N) is 4.